The first-order chi connectivity index (χ1) is 12.3. The van der Waals surface area contributed by atoms with Gasteiger partial charge in [-0.2, -0.15) is 0 Å². The van der Waals surface area contributed by atoms with Gasteiger partial charge < -0.3 is 0 Å². The summed E-state index contributed by atoms with van der Waals surface area (Å²) in [6, 6.07) is 15.1. The average Bonchev–Trinajstić information content (AvgIpc) is 2.61. The second-order valence-electron chi connectivity index (χ2n) is 5.36. The quantitative estimate of drug-likeness (QED) is 0.380. The molecule has 0 fully saturated rings. The van der Waals surface area contributed by atoms with Crippen LogP contribution in [0.1, 0.15) is 12.5 Å². The van der Waals surface area contributed by atoms with Gasteiger partial charge in [0.1, 0.15) is 0 Å². The van der Waals surface area contributed by atoms with Gasteiger partial charge in [0.05, 0.1) is 0 Å². The monoisotopic (exact) mass is 489 g/mol. The van der Waals surface area contributed by atoms with Gasteiger partial charge >= 0.3 is 161 Å². The number of hydrogen-bond acceptors (Lipinski definition) is 6. The van der Waals surface area contributed by atoms with Gasteiger partial charge in [0.2, 0.25) is 0 Å². The Morgan fingerprint density at radius 2 is 1.62 bits per heavy atom. The van der Waals surface area contributed by atoms with Crippen molar-refractivity contribution in [1.29, 1.82) is 0 Å². The van der Waals surface area contributed by atoms with Crippen LogP contribution in [0.2, 0.25) is 0 Å². The molecule has 2 aromatic carbocycles. The Hall–Kier alpha value is -1.91. The summed E-state index contributed by atoms with van der Waals surface area (Å²) in [7, 11) is -2.85. The standard InChI is InChI=1S/C18H20INO5S/c1-13-9-11-16(12-10-13)26(22,23)25-19(15-7-5-4-6-8-15)17(14(2)20)18(21)24-3/h4-12H,20H2,1-3H3/b17-14+. The summed E-state index contributed by atoms with van der Waals surface area (Å²) in [5, 5.41) is 0. The number of ether oxygens (including phenoxy) is 1. The number of methoxy groups -OCH3 is 1. The van der Waals surface area contributed by atoms with Gasteiger partial charge in [0, 0.05) is 0 Å². The van der Waals surface area contributed by atoms with Crippen molar-refractivity contribution in [2.24, 2.45) is 5.73 Å². The molecule has 0 bridgehead atoms. The van der Waals surface area contributed by atoms with E-state index < -0.39 is 36.3 Å². The third-order valence-corrected chi connectivity index (χ3v) is 11.0. The molecule has 6 nitrogen and oxygen atoms in total. The molecule has 0 atom stereocenters. The molecule has 8 heteroatoms. The van der Waals surface area contributed by atoms with Crippen LogP contribution in [0.15, 0.2) is 68.8 Å². The molecule has 0 aliphatic carbocycles. The molecule has 0 saturated heterocycles. The number of allylic oxidation sites excluding steroid dienone is 1. The summed E-state index contributed by atoms with van der Waals surface area (Å²) in [5.74, 6) is -0.682. The van der Waals surface area contributed by atoms with Crippen LogP contribution in [-0.2, 0) is 22.2 Å². The van der Waals surface area contributed by atoms with Crippen molar-refractivity contribution in [3.8, 4) is 0 Å². The maximum absolute atomic E-state index is 12.8. The molecule has 0 aromatic heterocycles. The van der Waals surface area contributed by atoms with E-state index in [1.165, 1.54) is 26.2 Å². The Morgan fingerprint density at radius 1 is 1.04 bits per heavy atom. The molecule has 0 heterocycles. The molecule has 2 N–H and O–H groups in total. The predicted molar refractivity (Wildman–Crippen MR) is 108 cm³/mol. The SMILES string of the molecule is COC(=O)/C(=C(/C)N)I(OS(=O)(=O)c1ccc(C)cc1)c1ccccc1. The minimum absolute atomic E-state index is 0.0280. The first kappa shape index (κ1) is 20.4. The fourth-order valence-electron chi connectivity index (χ4n) is 1.99. The predicted octanol–water partition coefficient (Wildman–Crippen LogP) is 3.35. The number of benzene rings is 2. The van der Waals surface area contributed by atoms with Crippen molar-refractivity contribution in [3.63, 3.8) is 0 Å². The topological polar surface area (TPSA) is 95.7 Å². The third kappa shape index (κ3) is 4.83. The van der Waals surface area contributed by atoms with Crippen LogP contribution in [0.25, 0.3) is 0 Å². The fourth-order valence-corrected chi connectivity index (χ4v) is 9.12. The molecule has 0 spiro atoms. The fraction of sp³-hybridized carbons (Fsp3) is 0.167. The molecule has 0 radical (unpaired) electrons. The van der Waals surface area contributed by atoms with Crippen LogP contribution in [0.4, 0.5) is 0 Å². The van der Waals surface area contributed by atoms with Gasteiger partial charge in [-0.1, -0.05) is 0 Å². The molecule has 0 unspecified atom stereocenters. The normalized spacial score (nSPS) is 13.0. The Balaban J connectivity index is 2.53. The van der Waals surface area contributed by atoms with E-state index in [9.17, 15) is 13.2 Å². The van der Waals surface area contributed by atoms with Crippen LogP contribution in [0.5, 0.6) is 0 Å². The Bertz CT molecular complexity index is 904. The van der Waals surface area contributed by atoms with Crippen molar-refractivity contribution in [2.45, 2.75) is 18.7 Å². The Kier molecular flexibility index (Phi) is 6.79. The zero-order valence-corrected chi connectivity index (χ0v) is 17.6. The van der Waals surface area contributed by atoms with E-state index >= 15 is 0 Å². The molecular formula is C18H20INO5S. The van der Waals surface area contributed by atoms with E-state index in [4.69, 9.17) is 13.0 Å². The Morgan fingerprint density at radius 3 is 2.12 bits per heavy atom. The summed E-state index contributed by atoms with van der Waals surface area (Å²) in [6.45, 7) is 3.39. The van der Waals surface area contributed by atoms with Crippen LogP contribution in [0, 0.1) is 10.5 Å². The van der Waals surface area contributed by atoms with Gasteiger partial charge in [0.25, 0.3) is 0 Å². The zero-order valence-electron chi connectivity index (χ0n) is 14.6. The van der Waals surface area contributed by atoms with Gasteiger partial charge in [-0.25, -0.2) is 0 Å². The van der Waals surface area contributed by atoms with Crippen LogP contribution >= 0.6 is 20.2 Å². The number of hydrogen-bond donors (Lipinski definition) is 1. The molecule has 0 aliphatic heterocycles. The van der Waals surface area contributed by atoms with E-state index in [2.05, 4.69) is 0 Å². The zero-order chi connectivity index (χ0) is 19.3. The van der Waals surface area contributed by atoms with E-state index in [1.807, 2.05) is 6.92 Å². The summed E-state index contributed by atoms with van der Waals surface area (Å²) < 4.78 is 36.6. The summed E-state index contributed by atoms with van der Waals surface area (Å²) >= 11 is -3.18. The molecular weight excluding hydrogens is 469 g/mol. The average molecular weight is 489 g/mol. The maximum atomic E-state index is 12.8. The summed E-state index contributed by atoms with van der Waals surface area (Å²) in [4.78, 5) is 12.3. The molecule has 140 valence electrons. The molecule has 0 amide bonds. The second kappa shape index (κ2) is 8.65. The van der Waals surface area contributed by atoms with Crippen molar-refractivity contribution in [2.75, 3.05) is 7.11 Å². The van der Waals surface area contributed by atoms with E-state index in [1.54, 1.807) is 42.5 Å². The van der Waals surface area contributed by atoms with Crippen molar-refractivity contribution in [1.82, 2.24) is 0 Å². The summed E-state index contributed by atoms with van der Waals surface area (Å²) in [6.07, 6.45) is 0. The molecule has 0 aliphatic rings. The van der Waals surface area contributed by atoms with Crippen LogP contribution in [-0.4, -0.2) is 21.5 Å². The van der Waals surface area contributed by atoms with E-state index in [0.717, 1.165) is 5.56 Å². The van der Waals surface area contributed by atoms with Crippen LogP contribution in [0.3, 0.4) is 0 Å². The summed E-state index contributed by atoms with van der Waals surface area (Å²) in [5.41, 5.74) is 6.98. The number of carbonyl (C=O) groups is 1. The number of aryl methyl sites for hydroxylation is 1. The van der Waals surface area contributed by atoms with Crippen molar-refractivity contribution in [3.05, 3.63) is 73.0 Å². The van der Waals surface area contributed by atoms with Gasteiger partial charge in [-0.15, -0.1) is 0 Å². The van der Waals surface area contributed by atoms with Crippen LogP contribution < -0.4 is 5.73 Å². The van der Waals surface area contributed by atoms with Gasteiger partial charge in [-0.05, 0) is 0 Å². The molecule has 26 heavy (non-hydrogen) atoms. The second-order valence-corrected chi connectivity index (χ2v) is 11.7. The van der Waals surface area contributed by atoms with E-state index in [0.29, 0.717) is 3.57 Å². The number of esters is 1. The van der Waals surface area contributed by atoms with Crippen molar-refractivity contribution < 1.29 is 20.5 Å². The number of carbonyl (C=O) groups excluding carboxylic acids is 1. The van der Waals surface area contributed by atoms with Gasteiger partial charge in [-0.3, -0.25) is 0 Å². The minimum atomic E-state index is -4.07. The number of halogens is 1. The van der Waals surface area contributed by atoms with E-state index in [-0.39, 0.29) is 14.2 Å². The Labute approximate surface area is 161 Å². The first-order valence-corrected chi connectivity index (χ1v) is 12.0. The van der Waals surface area contributed by atoms with Crippen molar-refractivity contribution >= 4 is 36.3 Å². The number of nitrogens with two attached hydrogens (primary N) is 1. The third-order valence-electron chi connectivity index (χ3n) is 3.27. The van der Waals surface area contributed by atoms with Gasteiger partial charge in [0.15, 0.2) is 0 Å². The number of rotatable bonds is 6. The molecule has 2 rings (SSSR count). The first-order valence-electron chi connectivity index (χ1n) is 7.57. The molecule has 2 aromatic rings. The molecule has 0 saturated carbocycles.